The van der Waals surface area contributed by atoms with Gasteiger partial charge in [-0.1, -0.05) is 117 Å². The number of benzene rings is 7. The van der Waals surface area contributed by atoms with Gasteiger partial charge < -0.3 is 4.90 Å². The van der Waals surface area contributed by atoms with E-state index >= 15 is 0 Å². The molecular formula is C41H29NS. The number of rotatable bonds is 3. The Hall–Kier alpha value is -4.92. The van der Waals surface area contributed by atoms with Crippen molar-refractivity contribution in [2.45, 2.75) is 19.3 Å². The van der Waals surface area contributed by atoms with Gasteiger partial charge in [-0.3, -0.25) is 0 Å². The fourth-order valence-corrected chi connectivity index (χ4v) is 8.64. The average Bonchev–Trinajstić information content (AvgIpc) is 3.54. The van der Waals surface area contributed by atoms with E-state index in [4.69, 9.17) is 0 Å². The molecule has 2 heteroatoms. The second kappa shape index (κ2) is 9.04. The van der Waals surface area contributed by atoms with E-state index in [9.17, 15) is 0 Å². The van der Waals surface area contributed by atoms with Gasteiger partial charge in [-0.2, -0.15) is 0 Å². The topological polar surface area (TPSA) is 3.24 Å². The predicted molar refractivity (Wildman–Crippen MR) is 187 cm³/mol. The first kappa shape index (κ1) is 24.7. The Morgan fingerprint density at radius 2 is 1.23 bits per heavy atom. The van der Waals surface area contributed by atoms with E-state index in [-0.39, 0.29) is 5.41 Å². The molecule has 9 rings (SSSR count). The highest BCUT2D eigenvalue weighted by Gasteiger charge is 2.35. The van der Waals surface area contributed by atoms with Gasteiger partial charge in [-0.05, 0) is 69.4 Å². The van der Waals surface area contributed by atoms with Crippen molar-refractivity contribution in [3.05, 3.63) is 151 Å². The maximum Gasteiger partial charge on any atom is 0.0540 e. The van der Waals surface area contributed by atoms with Crippen LogP contribution in [0.25, 0.3) is 52.8 Å². The Balaban J connectivity index is 1.32. The molecule has 43 heavy (non-hydrogen) atoms. The minimum absolute atomic E-state index is 0.0635. The average molecular weight is 568 g/mol. The normalized spacial score (nSPS) is 13.5. The van der Waals surface area contributed by atoms with Crippen molar-refractivity contribution in [3.8, 4) is 11.1 Å². The second-order valence-electron chi connectivity index (χ2n) is 12.1. The number of para-hydroxylation sites is 1. The Morgan fingerprint density at radius 1 is 0.512 bits per heavy atom. The standard InChI is InChI=1S/C41H29NS/c1-41(2)35-16-8-6-13-29(35)30-24-21-28(25-36(30)41)42(27-11-4-3-5-12-27)37-17-10-15-33-31(37)22-19-26-20-23-34-32-14-7-9-18-38(32)43-40(34)39(26)33/h3-25H,1-2H3. The third kappa shape index (κ3) is 3.51. The quantitative estimate of drug-likeness (QED) is 0.192. The lowest BCUT2D eigenvalue weighted by atomic mass is 9.82. The first-order chi connectivity index (χ1) is 21.1. The Kier molecular flexibility index (Phi) is 5.18. The first-order valence-corrected chi connectivity index (χ1v) is 15.8. The van der Waals surface area contributed by atoms with E-state index in [1.807, 2.05) is 11.3 Å². The summed E-state index contributed by atoms with van der Waals surface area (Å²) in [6, 6.07) is 51.5. The molecule has 0 spiro atoms. The van der Waals surface area contributed by atoms with Gasteiger partial charge in [0.15, 0.2) is 0 Å². The molecule has 0 saturated heterocycles. The van der Waals surface area contributed by atoms with Crippen LogP contribution in [0.3, 0.4) is 0 Å². The first-order valence-electron chi connectivity index (χ1n) is 14.9. The van der Waals surface area contributed by atoms with Gasteiger partial charge in [-0.15, -0.1) is 11.3 Å². The van der Waals surface area contributed by atoms with Crippen LogP contribution in [-0.2, 0) is 5.41 Å². The Labute approximate surface area is 255 Å². The number of thiophene rings is 1. The maximum absolute atomic E-state index is 2.44. The smallest absolute Gasteiger partial charge is 0.0540 e. The molecule has 204 valence electrons. The van der Waals surface area contributed by atoms with E-state index in [1.54, 1.807) is 0 Å². The molecule has 0 saturated carbocycles. The van der Waals surface area contributed by atoms with Crippen molar-refractivity contribution >= 4 is 70.1 Å². The van der Waals surface area contributed by atoms with Gasteiger partial charge in [0.2, 0.25) is 0 Å². The largest absolute Gasteiger partial charge is 0.310 e. The minimum Gasteiger partial charge on any atom is -0.310 e. The summed E-state index contributed by atoms with van der Waals surface area (Å²) < 4.78 is 2.70. The van der Waals surface area contributed by atoms with Crippen LogP contribution in [0, 0.1) is 0 Å². The van der Waals surface area contributed by atoms with Crippen LogP contribution in [0.2, 0.25) is 0 Å². The third-order valence-corrected chi connectivity index (χ3v) is 10.6. The molecule has 1 nitrogen and oxygen atoms in total. The highest BCUT2D eigenvalue weighted by molar-refractivity contribution is 7.26. The fraction of sp³-hybridized carbons (Fsp3) is 0.0732. The monoisotopic (exact) mass is 567 g/mol. The molecular weight excluding hydrogens is 539 g/mol. The van der Waals surface area contributed by atoms with Crippen LogP contribution in [0.4, 0.5) is 17.1 Å². The van der Waals surface area contributed by atoms with Crippen molar-refractivity contribution < 1.29 is 0 Å². The minimum atomic E-state index is -0.0635. The summed E-state index contributed by atoms with van der Waals surface area (Å²) in [6.45, 7) is 4.71. The molecule has 8 aromatic rings. The summed E-state index contributed by atoms with van der Waals surface area (Å²) in [7, 11) is 0. The third-order valence-electron chi connectivity index (χ3n) is 9.44. The van der Waals surface area contributed by atoms with Crippen LogP contribution < -0.4 is 4.90 Å². The van der Waals surface area contributed by atoms with Gasteiger partial charge in [0, 0.05) is 47.7 Å². The number of nitrogens with zero attached hydrogens (tertiary/aromatic N) is 1. The zero-order chi connectivity index (χ0) is 28.7. The maximum atomic E-state index is 2.44. The van der Waals surface area contributed by atoms with Crippen LogP contribution >= 0.6 is 11.3 Å². The molecule has 1 heterocycles. The second-order valence-corrected chi connectivity index (χ2v) is 13.2. The fourth-order valence-electron chi connectivity index (χ4n) is 7.37. The molecule has 0 atom stereocenters. The summed E-state index contributed by atoms with van der Waals surface area (Å²) in [5.41, 5.74) is 8.94. The molecule has 0 unspecified atom stereocenters. The van der Waals surface area contributed by atoms with Crippen molar-refractivity contribution in [2.75, 3.05) is 4.90 Å². The van der Waals surface area contributed by atoms with Crippen LogP contribution in [0.1, 0.15) is 25.0 Å². The number of anilines is 3. The molecule has 0 aliphatic heterocycles. The molecule has 7 aromatic carbocycles. The van der Waals surface area contributed by atoms with Gasteiger partial charge in [0.05, 0.1) is 5.69 Å². The van der Waals surface area contributed by atoms with Crippen molar-refractivity contribution in [2.24, 2.45) is 0 Å². The molecule has 0 N–H and O–H groups in total. The summed E-state index contributed by atoms with van der Waals surface area (Å²) in [5, 5.41) is 7.86. The summed E-state index contributed by atoms with van der Waals surface area (Å²) in [5.74, 6) is 0. The van der Waals surface area contributed by atoms with E-state index in [2.05, 4.69) is 158 Å². The molecule has 0 radical (unpaired) electrons. The van der Waals surface area contributed by atoms with E-state index in [1.165, 1.54) is 75.3 Å². The van der Waals surface area contributed by atoms with Crippen molar-refractivity contribution in [1.29, 1.82) is 0 Å². The number of hydrogen-bond acceptors (Lipinski definition) is 2. The van der Waals surface area contributed by atoms with Gasteiger partial charge in [0.1, 0.15) is 0 Å². The summed E-state index contributed by atoms with van der Waals surface area (Å²) >= 11 is 1.91. The summed E-state index contributed by atoms with van der Waals surface area (Å²) in [4.78, 5) is 2.44. The molecule has 1 aromatic heterocycles. The highest BCUT2D eigenvalue weighted by Crippen LogP contribution is 2.51. The molecule has 0 fully saturated rings. The molecule has 0 amide bonds. The molecule has 1 aliphatic carbocycles. The van der Waals surface area contributed by atoms with Crippen LogP contribution in [0.5, 0.6) is 0 Å². The Morgan fingerprint density at radius 3 is 2.12 bits per heavy atom. The van der Waals surface area contributed by atoms with E-state index in [0.29, 0.717) is 0 Å². The van der Waals surface area contributed by atoms with Crippen LogP contribution in [-0.4, -0.2) is 0 Å². The lowest BCUT2D eigenvalue weighted by molar-refractivity contribution is 0.660. The van der Waals surface area contributed by atoms with E-state index < -0.39 is 0 Å². The summed E-state index contributed by atoms with van der Waals surface area (Å²) in [6.07, 6.45) is 0. The van der Waals surface area contributed by atoms with Gasteiger partial charge in [0.25, 0.3) is 0 Å². The lowest BCUT2D eigenvalue weighted by Crippen LogP contribution is -2.16. The Bertz CT molecular complexity index is 2380. The van der Waals surface area contributed by atoms with Gasteiger partial charge >= 0.3 is 0 Å². The lowest BCUT2D eigenvalue weighted by Gasteiger charge is -2.29. The number of hydrogen-bond donors (Lipinski definition) is 0. The van der Waals surface area contributed by atoms with Gasteiger partial charge in [-0.25, -0.2) is 0 Å². The SMILES string of the molecule is CC1(C)c2ccccc2-c2ccc(N(c3ccccc3)c3cccc4c3ccc3ccc5c6ccccc6sc5c34)cc21. The predicted octanol–water partition coefficient (Wildman–Crippen LogP) is 12.1. The van der Waals surface area contributed by atoms with Crippen molar-refractivity contribution in [1.82, 2.24) is 0 Å². The number of fused-ring (bicyclic) bond motifs is 10. The van der Waals surface area contributed by atoms with Crippen molar-refractivity contribution in [3.63, 3.8) is 0 Å². The molecule has 1 aliphatic rings. The highest BCUT2D eigenvalue weighted by atomic mass is 32.1. The zero-order valence-electron chi connectivity index (χ0n) is 24.1. The van der Waals surface area contributed by atoms with Crippen LogP contribution in [0.15, 0.2) is 140 Å². The molecule has 0 bridgehead atoms. The zero-order valence-corrected chi connectivity index (χ0v) is 25.0. The van der Waals surface area contributed by atoms with E-state index in [0.717, 1.165) is 5.69 Å².